The lowest BCUT2D eigenvalue weighted by atomic mass is 10.1. The Bertz CT molecular complexity index is 408. The zero-order valence-corrected chi connectivity index (χ0v) is 9.41. The second kappa shape index (κ2) is 3.95. The highest BCUT2D eigenvalue weighted by Gasteiger charge is 2.34. The van der Waals surface area contributed by atoms with Gasteiger partial charge in [-0.15, -0.1) is 0 Å². The zero-order valence-electron chi connectivity index (χ0n) is 6.49. The summed E-state index contributed by atoms with van der Waals surface area (Å²) >= 11 is 7.12. The van der Waals surface area contributed by atoms with Crippen molar-refractivity contribution in [3.05, 3.63) is 31.9 Å². The predicted octanol–water partition coefficient (Wildman–Crippen LogP) is 3.84. The minimum Gasteiger partial charge on any atom is -0.192 e. The molecule has 74 valence electrons. The molecule has 0 bridgehead atoms. The second-order valence-electron chi connectivity index (χ2n) is 2.42. The van der Waals surface area contributed by atoms with Gasteiger partial charge in [-0.25, -0.2) is 0 Å². The van der Waals surface area contributed by atoms with Crippen LogP contribution < -0.4 is 0 Å². The molecule has 14 heavy (non-hydrogen) atoms. The smallest absolute Gasteiger partial charge is 0.192 e. The summed E-state index contributed by atoms with van der Waals surface area (Å²) in [4.78, 5) is 0. The summed E-state index contributed by atoms with van der Waals surface area (Å²) in [7, 11) is 0. The van der Waals surface area contributed by atoms with Crippen LogP contribution in [0, 0.1) is 14.9 Å². The third-order valence-electron chi connectivity index (χ3n) is 1.46. The molecule has 0 aliphatic carbocycles. The Kier molecular flexibility index (Phi) is 3.27. The van der Waals surface area contributed by atoms with Gasteiger partial charge in [-0.1, -0.05) is 11.6 Å². The Morgan fingerprint density at radius 2 is 1.93 bits per heavy atom. The molecule has 0 radical (unpaired) electrons. The van der Waals surface area contributed by atoms with Crippen LogP contribution in [0.25, 0.3) is 0 Å². The fourth-order valence-corrected chi connectivity index (χ4v) is 1.76. The van der Waals surface area contributed by atoms with Gasteiger partial charge in [0, 0.05) is 3.57 Å². The molecule has 0 heterocycles. The minimum absolute atomic E-state index is 0.161. The van der Waals surface area contributed by atoms with Crippen LogP contribution >= 0.6 is 34.2 Å². The van der Waals surface area contributed by atoms with Crippen LogP contribution in [0.15, 0.2) is 12.1 Å². The maximum Gasteiger partial charge on any atom is 0.417 e. The first kappa shape index (κ1) is 11.6. The molecule has 1 aromatic carbocycles. The molecule has 0 spiro atoms. The van der Waals surface area contributed by atoms with Crippen LogP contribution in [-0.4, -0.2) is 0 Å². The van der Waals surface area contributed by atoms with Crippen molar-refractivity contribution >= 4 is 34.2 Å². The van der Waals surface area contributed by atoms with Crippen molar-refractivity contribution in [3.8, 4) is 6.07 Å². The van der Waals surface area contributed by atoms with Crippen LogP contribution in [0.1, 0.15) is 11.1 Å². The second-order valence-corrected chi connectivity index (χ2v) is 4.05. The molecule has 0 unspecified atom stereocenters. The Labute approximate surface area is 96.6 Å². The molecule has 0 saturated heterocycles. The first-order valence-corrected chi connectivity index (χ1v) is 4.78. The summed E-state index contributed by atoms with van der Waals surface area (Å²) in [5.74, 6) is 0. The highest BCUT2D eigenvalue weighted by Crippen LogP contribution is 2.37. The van der Waals surface area contributed by atoms with Gasteiger partial charge in [-0.2, -0.15) is 18.4 Å². The first-order valence-electron chi connectivity index (χ1n) is 3.32. The topological polar surface area (TPSA) is 23.8 Å². The number of benzene rings is 1. The molecule has 0 aliphatic heterocycles. The minimum atomic E-state index is -4.52. The molecule has 0 aromatic heterocycles. The van der Waals surface area contributed by atoms with Gasteiger partial charge in [0.1, 0.15) is 6.07 Å². The van der Waals surface area contributed by atoms with E-state index in [0.717, 1.165) is 6.07 Å². The van der Waals surface area contributed by atoms with Gasteiger partial charge in [0.05, 0.1) is 16.1 Å². The Morgan fingerprint density at radius 1 is 1.36 bits per heavy atom. The highest BCUT2D eigenvalue weighted by molar-refractivity contribution is 14.1. The molecule has 1 rings (SSSR count). The summed E-state index contributed by atoms with van der Waals surface area (Å²) in [6.07, 6.45) is -4.52. The summed E-state index contributed by atoms with van der Waals surface area (Å²) in [6, 6.07) is 3.82. The van der Waals surface area contributed by atoms with Gasteiger partial charge < -0.3 is 0 Å². The monoisotopic (exact) mass is 331 g/mol. The zero-order chi connectivity index (χ0) is 10.9. The van der Waals surface area contributed by atoms with E-state index < -0.39 is 16.8 Å². The summed E-state index contributed by atoms with van der Waals surface area (Å²) < 4.78 is 37.4. The van der Waals surface area contributed by atoms with Gasteiger partial charge in [0.15, 0.2) is 0 Å². The predicted molar refractivity (Wildman–Crippen MR) is 53.9 cm³/mol. The van der Waals surface area contributed by atoms with Crippen LogP contribution in [0.3, 0.4) is 0 Å². The van der Waals surface area contributed by atoms with E-state index in [1.54, 1.807) is 28.7 Å². The molecule has 1 nitrogen and oxygen atoms in total. The van der Waals surface area contributed by atoms with Gasteiger partial charge in [0.2, 0.25) is 0 Å². The fourth-order valence-electron chi connectivity index (χ4n) is 0.877. The molecular formula is C8H2ClF3IN. The van der Waals surface area contributed by atoms with Crippen molar-refractivity contribution in [2.24, 2.45) is 0 Å². The Balaban J connectivity index is 3.47. The molecule has 0 fully saturated rings. The van der Waals surface area contributed by atoms with Crippen molar-refractivity contribution in [3.63, 3.8) is 0 Å². The molecule has 0 saturated carbocycles. The number of hydrogen-bond acceptors (Lipinski definition) is 1. The van der Waals surface area contributed by atoms with Crippen molar-refractivity contribution in [2.45, 2.75) is 6.18 Å². The number of rotatable bonds is 0. The SMILES string of the molecule is N#Cc1cc(I)cc(C(F)(F)F)c1Cl. The molecule has 0 aliphatic rings. The number of alkyl halides is 3. The van der Waals surface area contributed by atoms with Gasteiger partial charge >= 0.3 is 6.18 Å². The Hall–Kier alpha value is -0.480. The van der Waals surface area contributed by atoms with Gasteiger partial charge in [-0.05, 0) is 34.7 Å². The highest BCUT2D eigenvalue weighted by atomic mass is 127. The maximum absolute atomic E-state index is 12.3. The van der Waals surface area contributed by atoms with E-state index >= 15 is 0 Å². The van der Waals surface area contributed by atoms with Crippen LogP contribution in [0.4, 0.5) is 13.2 Å². The van der Waals surface area contributed by atoms with Crippen molar-refractivity contribution in [2.75, 3.05) is 0 Å². The molecule has 0 amide bonds. The van der Waals surface area contributed by atoms with Crippen molar-refractivity contribution in [1.82, 2.24) is 0 Å². The van der Waals surface area contributed by atoms with E-state index in [-0.39, 0.29) is 5.56 Å². The van der Waals surface area contributed by atoms with E-state index in [1.807, 2.05) is 0 Å². The van der Waals surface area contributed by atoms with E-state index in [1.165, 1.54) is 6.07 Å². The van der Waals surface area contributed by atoms with Gasteiger partial charge in [0.25, 0.3) is 0 Å². The normalized spacial score (nSPS) is 11.1. The molecule has 1 aromatic rings. The van der Waals surface area contributed by atoms with Crippen LogP contribution in [-0.2, 0) is 6.18 Å². The first-order chi connectivity index (χ1) is 6.36. The fraction of sp³-hybridized carbons (Fsp3) is 0.125. The average Bonchev–Trinajstić information content (AvgIpc) is 2.06. The molecule has 6 heteroatoms. The lowest BCUT2D eigenvalue weighted by Crippen LogP contribution is -2.07. The third kappa shape index (κ3) is 2.30. The Morgan fingerprint density at radius 3 is 2.36 bits per heavy atom. The largest absolute Gasteiger partial charge is 0.417 e. The number of halogens is 5. The number of nitriles is 1. The van der Waals surface area contributed by atoms with E-state index in [9.17, 15) is 13.2 Å². The summed E-state index contributed by atoms with van der Waals surface area (Å²) in [5.41, 5.74) is -1.13. The summed E-state index contributed by atoms with van der Waals surface area (Å²) in [6.45, 7) is 0. The molecule has 0 atom stereocenters. The lowest BCUT2D eigenvalue weighted by Gasteiger charge is -2.10. The van der Waals surface area contributed by atoms with Gasteiger partial charge in [-0.3, -0.25) is 0 Å². The molecular weight excluding hydrogens is 329 g/mol. The molecule has 0 N–H and O–H groups in total. The van der Waals surface area contributed by atoms with E-state index in [0.29, 0.717) is 3.57 Å². The maximum atomic E-state index is 12.3. The van der Waals surface area contributed by atoms with Crippen molar-refractivity contribution < 1.29 is 13.2 Å². The average molecular weight is 331 g/mol. The van der Waals surface area contributed by atoms with Crippen LogP contribution in [0.2, 0.25) is 5.02 Å². The standard InChI is InChI=1S/C8H2ClF3IN/c9-7-4(3-14)1-5(13)2-6(7)8(10,11)12/h1-2H. The van der Waals surface area contributed by atoms with E-state index in [2.05, 4.69) is 0 Å². The number of hydrogen-bond donors (Lipinski definition) is 0. The lowest BCUT2D eigenvalue weighted by molar-refractivity contribution is -0.137. The van der Waals surface area contributed by atoms with E-state index in [4.69, 9.17) is 16.9 Å². The number of nitrogens with zero attached hydrogens (tertiary/aromatic N) is 1. The quantitative estimate of drug-likeness (QED) is 0.663. The summed E-state index contributed by atoms with van der Waals surface area (Å²) in [5, 5.41) is 7.99. The third-order valence-corrected chi connectivity index (χ3v) is 2.49. The van der Waals surface area contributed by atoms with Crippen LogP contribution in [0.5, 0.6) is 0 Å². The van der Waals surface area contributed by atoms with Crippen molar-refractivity contribution in [1.29, 1.82) is 5.26 Å².